The molecule has 7 nitrogen and oxygen atoms in total. The number of imidazole rings is 2. The molecule has 0 spiro atoms. The van der Waals surface area contributed by atoms with Gasteiger partial charge in [0.25, 0.3) is 0 Å². The standard InChI is InChI=1S/C13H17N3O2.C7H5FN2/c1-3-16-4-2-14-13(16)11-12(1)18-10-7-15-5-8-17-9-6-15;8-6-1-3-10-4-2-9-7(10)5-6/h1-4,11H,5-10H2;1-5H. The second-order valence-corrected chi connectivity index (χ2v) is 6.40. The van der Waals surface area contributed by atoms with Gasteiger partial charge in [-0.15, -0.1) is 0 Å². The number of morpholine rings is 1. The van der Waals surface area contributed by atoms with Crippen LogP contribution in [0.25, 0.3) is 11.3 Å². The first-order valence-corrected chi connectivity index (χ1v) is 9.22. The van der Waals surface area contributed by atoms with Crippen molar-refractivity contribution >= 4 is 11.3 Å². The van der Waals surface area contributed by atoms with E-state index in [4.69, 9.17) is 9.47 Å². The molecule has 4 aromatic heterocycles. The lowest BCUT2D eigenvalue weighted by Gasteiger charge is -2.26. The molecule has 0 unspecified atom stereocenters. The molecule has 4 aromatic rings. The second-order valence-electron chi connectivity index (χ2n) is 6.40. The number of fused-ring (bicyclic) bond motifs is 2. The fourth-order valence-electron chi connectivity index (χ4n) is 2.98. The third kappa shape index (κ3) is 4.65. The molecule has 1 fully saturated rings. The van der Waals surface area contributed by atoms with Gasteiger partial charge >= 0.3 is 0 Å². The zero-order chi connectivity index (χ0) is 19.2. The first kappa shape index (κ1) is 18.4. The van der Waals surface area contributed by atoms with Gasteiger partial charge in [0.2, 0.25) is 0 Å². The number of halogens is 1. The van der Waals surface area contributed by atoms with Gasteiger partial charge in [-0.25, -0.2) is 14.4 Å². The minimum absolute atomic E-state index is 0.251. The van der Waals surface area contributed by atoms with Gasteiger partial charge in [-0.3, -0.25) is 4.90 Å². The summed E-state index contributed by atoms with van der Waals surface area (Å²) in [6, 6.07) is 6.71. The van der Waals surface area contributed by atoms with Crippen LogP contribution in [0.2, 0.25) is 0 Å². The molecule has 0 aromatic carbocycles. The largest absolute Gasteiger partial charge is 0.492 e. The Morgan fingerprint density at radius 1 is 0.929 bits per heavy atom. The maximum absolute atomic E-state index is 12.5. The number of aromatic nitrogens is 4. The van der Waals surface area contributed by atoms with Crippen LogP contribution in [-0.2, 0) is 4.74 Å². The van der Waals surface area contributed by atoms with Crippen LogP contribution >= 0.6 is 0 Å². The molecule has 5 heterocycles. The van der Waals surface area contributed by atoms with Crippen LogP contribution in [0.15, 0.2) is 61.4 Å². The Morgan fingerprint density at radius 3 is 2.36 bits per heavy atom. The molecule has 5 rings (SSSR count). The van der Waals surface area contributed by atoms with Gasteiger partial charge in [0, 0.05) is 68.9 Å². The summed E-state index contributed by atoms with van der Waals surface area (Å²) in [6.45, 7) is 5.32. The summed E-state index contributed by atoms with van der Waals surface area (Å²) < 4.78 is 27.2. The van der Waals surface area contributed by atoms with Gasteiger partial charge in [-0.2, -0.15) is 0 Å². The van der Waals surface area contributed by atoms with E-state index in [0.29, 0.717) is 12.3 Å². The van der Waals surface area contributed by atoms with E-state index in [1.165, 1.54) is 12.1 Å². The zero-order valence-corrected chi connectivity index (χ0v) is 15.4. The van der Waals surface area contributed by atoms with Crippen molar-refractivity contribution in [3.63, 3.8) is 0 Å². The van der Waals surface area contributed by atoms with Crippen LogP contribution < -0.4 is 4.74 Å². The van der Waals surface area contributed by atoms with Crippen LogP contribution in [0, 0.1) is 5.82 Å². The summed E-state index contributed by atoms with van der Waals surface area (Å²) in [4.78, 5) is 10.5. The Kier molecular flexibility index (Phi) is 5.79. The number of pyridine rings is 2. The quantitative estimate of drug-likeness (QED) is 0.542. The Bertz CT molecular complexity index is 1030. The number of hydrogen-bond donors (Lipinski definition) is 0. The fourth-order valence-corrected chi connectivity index (χ4v) is 2.98. The maximum Gasteiger partial charge on any atom is 0.140 e. The highest BCUT2D eigenvalue weighted by molar-refractivity contribution is 5.44. The lowest BCUT2D eigenvalue weighted by molar-refractivity contribution is 0.0322. The number of nitrogens with zero attached hydrogens (tertiary/aromatic N) is 5. The number of rotatable bonds is 4. The highest BCUT2D eigenvalue weighted by Gasteiger charge is 2.09. The molecule has 0 N–H and O–H groups in total. The maximum atomic E-state index is 12.5. The van der Waals surface area contributed by atoms with Crippen molar-refractivity contribution in [3.8, 4) is 5.75 Å². The lowest BCUT2D eigenvalue weighted by Crippen LogP contribution is -2.38. The molecule has 8 heteroatoms. The van der Waals surface area contributed by atoms with Gasteiger partial charge in [-0.1, -0.05) is 0 Å². The Balaban J connectivity index is 0.000000162. The molecular weight excluding hydrogens is 361 g/mol. The Hall–Kier alpha value is -2.97. The molecule has 0 aliphatic carbocycles. The number of ether oxygens (including phenoxy) is 2. The van der Waals surface area contributed by atoms with Gasteiger partial charge in [0.1, 0.15) is 29.5 Å². The van der Waals surface area contributed by atoms with Crippen molar-refractivity contribution in [2.75, 3.05) is 39.5 Å². The van der Waals surface area contributed by atoms with E-state index < -0.39 is 0 Å². The first-order chi connectivity index (χ1) is 13.8. The average Bonchev–Trinajstić information content (AvgIpc) is 3.37. The number of hydrogen-bond acceptors (Lipinski definition) is 5. The highest BCUT2D eigenvalue weighted by atomic mass is 19.1. The average molecular weight is 383 g/mol. The van der Waals surface area contributed by atoms with Crippen LogP contribution in [0.5, 0.6) is 5.75 Å². The molecule has 0 amide bonds. The van der Waals surface area contributed by atoms with Crippen molar-refractivity contribution in [1.82, 2.24) is 23.7 Å². The van der Waals surface area contributed by atoms with Crippen LogP contribution in [0.4, 0.5) is 4.39 Å². The zero-order valence-electron chi connectivity index (χ0n) is 15.4. The summed E-state index contributed by atoms with van der Waals surface area (Å²) in [6.07, 6.45) is 10.7. The first-order valence-electron chi connectivity index (χ1n) is 9.22. The normalized spacial score (nSPS) is 14.8. The summed E-state index contributed by atoms with van der Waals surface area (Å²) in [5, 5.41) is 0. The van der Waals surface area contributed by atoms with Gasteiger partial charge in [-0.05, 0) is 12.1 Å². The van der Waals surface area contributed by atoms with E-state index in [9.17, 15) is 4.39 Å². The lowest BCUT2D eigenvalue weighted by atomic mass is 10.4. The molecule has 28 heavy (non-hydrogen) atoms. The van der Waals surface area contributed by atoms with E-state index in [-0.39, 0.29) is 5.82 Å². The van der Waals surface area contributed by atoms with Crippen molar-refractivity contribution in [3.05, 3.63) is 67.3 Å². The predicted octanol–water partition coefficient (Wildman–Crippen LogP) is 2.52. The molecule has 0 saturated carbocycles. The van der Waals surface area contributed by atoms with Gasteiger partial charge < -0.3 is 18.3 Å². The molecule has 0 radical (unpaired) electrons. The Morgan fingerprint density at radius 2 is 1.61 bits per heavy atom. The molecule has 1 aliphatic rings. The summed E-state index contributed by atoms with van der Waals surface area (Å²) in [5.74, 6) is 0.626. The summed E-state index contributed by atoms with van der Waals surface area (Å²) in [7, 11) is 0. The molecule has 146 valence electrons. The molecule has 0 bridgehead atoms. The second kappa shape index (κ2) is 8.81. The van der Waals surface area contributed by atoms with Crippen LogP contribution in [-0.4, -0.2) is 63.1 Å². The summed E-state index contributed by atoms with van der Waals surface area (Å²) in [5.41, 5.74) is 1.55. The van der Waals surface area contributed by atoms with Crippen molar-refractivity contribution < 1.29 is 13.9 Å². The monoisotopic (exact) mass is 383 g/mol. The van der Waals surface area contributed by atoms with E-state index in [2.05, 4.69) is 14.9 Å². The SMILES string of the molecule is Fc1ccn2ccnc2c1.c1cn2ccc(OCCN3CCOCC3)cc2n1. The van der Waals surface area contributed by atoms with Crippen LogP contribution in [0.3, 0.4) is 0 Å². The molecular formula is C20H22FN5O2. The van der Waals surface area contributed by atoms with Crippen molar-refractivity contribution in [2.24, 2.45) is 0 Å². The summed E-state index contributed by atoms with van der Waals surface area (Å²) >= 11 is 0. The minimum atomic E-state index is -0.251. The minimum Gasteiger partial charge on any atom is -0.492 e. The fraction of sp³-hybridized carbons (Fsp3) is 0.300. The third-order valence-electron chi connectivity index (χ3n) is 4.51. The van der Waals surface area contributed by atoms with E-state index in [1.807, 2.05) is 28.9 Å². The van der Waals surface area contributed by atoms with Gasteiger partial charge in [0.15, 0.2) is 0 Å². The molecule has 1 aliphatic heterocycles. The molecule has 0 atom stereocenters. The molecule has 1 saturated heterocycles. The van der Waals surface area contributed by atoms with E-state index >= 15 is 0 Å². The topological polar surface area (TPSA) is 56.3 Å². The smallest absolute Gasteiger partial charge is 0.140 e. The Labute approximate surface area is 162 Å². The van der Waals surface area contributed by atoms with Crippen LogP contribution in [0.1, 0.15) is 0 Å². The van der Waals surface area contributed by atoms with Gasteiger partial charge in [0.05, 0.1) is 13.2 Å². The van der Waals surface area contributed by atoms with Crippen molar-refractivity contribution in [2.45, 2.75) is 0 Å². The predicted molar refractivity (Wildman–Crippen MR) is 103 cm³/mol. The van der Waals surface area contributed by atoms with E-state index in [1.54, 1.807) is 29.2 Å². The third-order valence-corrected chi connectivity index (χ3v) is 4.51. The van der Waals surface area contributed by atoms with Crippen molar-refractivity contribution in [1.29, 1.82) is 0 Å². The highest BCUT2D eigenvalue weighted by Crippen LogP contribution is 2.13. The van der Waals surface area contributed by atoms with E-state index in [0.717, 1.165) is 44.2 Å².